The summed E-state index contributed by atoms with van der Waals surface area (Å²) in [7, 11) is 0. The summed E-state index contributed by atoms with van der Waals surface area (Å²) < 4.78 is 5.54. The molecule has 0 saturated carbocycles. The van der Waals surface area contributed by atoms with Gasteiger partial charge in [0.2, 0.25) is 5.89 Å². The average molecular weight is 329 g/mol. The number of nitrogens with zero attached hydrogens (tertiary/aromatic N) is 2. The van der Waals surface area contributed by atoms with Gasteiger partial charge in [-0.3, -0.25) is 0 Å². The summed E-state index contributed by atoms with van der Waals surface area (Å²) in [4.78, 5) is 0. The largest absolute Gasteiger partial charge is 0.406 e. The van der Waals surface area contributed by atoms with E-state index in [1.165, 1.54) is 0 Å². The van der Waals surface area contributed by atoms with Crippen molar-refractivity contribution in [1.29, 1.82) is 0 Å². The minimum absolute atomic E-state index is 0.0451. The fraction of sp³-hybridized carbons (Fsp3) is 0.429. The van der Waals surface area contributed by atoms with Gasteiger partial charge in [-0.15, -0.1) is 5.10 Å². The summed E-state index contributed by atoms with van der Waals surface area (Å²) in [5.74, 6) is 0.573. The molecule has 0 aliphatic heterocycles. The monoisotopic (exact) mass is 328 g/mol. The van der Waals surface area contributed by atoms with Gasteiger partial charge in [0.1, 0.15) is 0 Å². The maximum atomic E-state index is 6.12. The van der Waals surface area contributed by atoms with Crippen LogP contribution in [0.25, 0.3) is 0 Å². The van der Waals surface area contributed by atoms with Crippen LogP contribution < -0.4 is 10.6 Å². The number of aromatic nitrogens is 2. The predicted octanol–water partition coefficient (Wildman–Crippen LogP) is 3.70. The molecular weight excluding hydrogens is 311 g/mol. The van der Waals surface area contributed by atoms with Gasteiger partial charge in [0, 0.05) is 16.6 Å². The van der Waals surface area contributed by atoms with E-state index in [2.05, 4.69) is 20.8 Å². The topological polar surface area (TPSA) is 63.0 Å². The summed E-state index contributed by atoms with van der Waals surface area (Å²) in [6.07, 6.45) is 0.747. The molecule has 114 valence electrons. The molecule has 0 bridgehead atoms. The van der Waals surface area contributed by atoms with E-state index in [-0.39, 0.29) is 6.04 Å². The molecule has 2 N–H and O–H groups in total. The molecule has 1 unspecified atom stereocenters. The number of hydrogen-bond acceptors (Lipinski definition) is 5. The Morgan fingerprint density at radius 2 is 2.10 bits per heavy atom. The first kappa shape index (κ1) is 16.1. The Bertz CT molecular complexity index is 588. The maximum absolute atomic E-state index is 6.12. The zero-order valence-corrected chi connectivity index (χ0v) is 13.5. The Morgan fingerprint density at radius 3 is 2.81 bits per heavy atom. The molecule has 5 nitrogen and oxygen atoms in total. The highest BCUT2D eigenvalue weighted by Crippen LogP contribution is 2.21. The zero-order valence-electron chi connectivity index (χ0n) is 12.0. The second kappa shape index (κ2) is 7.64. The van der Waals surface area contributed by atoms with Crippen LogP contribution in [0.5, 0.6) is 0 Å². The molecule has 0 aliphatic rings. The van der Waals surface area contributed by atoms with Crippen LogP contribution in [-0.4, -0.2) is 23.3 Å². The normalized spacial score (nSPS) is 12.4. The quantitative estimate of drug-likeness (QED) is 0.811. The molecule has 0 aliphatic carbocycles. The molecule has 1 aromatic carbocycles. The Labute approximate surface area is 134 Å². The number of hydrogen-bond donors (Lipinski definition) is 2. The van der Waals surface area contributed by atoms with Gasteiger partial charge in [-0.25, -0.2) is 0 Å². The molecule has 21 heavy (non-hydrogen) atoms. The Hall–Kier alpha value is -1.30. The molecule has 7 heteroatoms. The maximum Gasteiger partial charge on any atom is 0.315 e. The predicted molar refractivity (Wildman–Crippen MR) is 85.0 cm³/mol. The van der Waals surface area contributed by atoms with E-state index in [0.717, 1.165) is 18.5 Å². The van der Waals surface area contributed by atoms with Gasteiger partial charge >= 0.3 is 6.01 Å². The smallest absolute Gasteiger partial charge is 0.315 e. The van der Waals surface area contributed by atoms with E-state index in [1.807, 2.05) is 26.0 Å². The van der Waals surface area contributed by atoms with Crippen LogP contribution in [0, 0.1) is 0 Å². The van der Waals surface area contributed by atoms with Gasteiger partial charge in [0.05, 0.1) is 6.04 Å². The van der Waals surface area contributed by atoms with E-state index in [1.54, 1.807) is 6.07 Å². The SMILES string of the molecule is CCNC(C)c1nnc(NCCc2ccc(Cl)cc2Cl)o1. The third-order valence-corrected chi connectivity index (χ3v) is 3.59. The second-order valence-electron chi connectivity index (χ2n) is 4.64. The molecule has 0 radical (unpaired) electrons. The van der Waals surface area contributed by atoms with Crippen molar-refractivity contribution < 1.29 is 4.42 Å². The lowest BCUT2D eigenvalue weighted by molar-refractivity contribution is 0.429. The molecule has 2 rings (SSSR count). The van der Waals surface area contributed by atoms with Crippen molar-refractivity contribution in [3.8, 4) is 0 Å². The summed E-state index contributed by atoms with van der Waals surface area (Å²) in [5, 5.41) is 15.6. The third-order valence-electron chi connectivity index (χ3n) is 3.01. The van der Waals surface area contributed by atoms with Crippen LogP contribution in [0.2, 0.25) is 10.0 Å². The lowest BCUT2D eigenvalue weighted by atomic mass is 10.1. The van der Waals surface area contributed by atoms with Crippen LogP contribution in [0.15, 0.2) is 22.6 Å². The van der Waals surface area contributed by atoms with Gasteiger partial charge in [-0.2, -0.15) is 0 Å². The third kappa shape index (κ3) is 4.59. The van der Waals surface area contributed by atoms with Gasteiger partial charge < -0.3 is 15.1 Å². The summed E-state index contributed by atoms with van der Waals surface area (Å²) in [6, 6.07) is 5.94. The van der Waals surface area contributed by atoms with Crippen LogP contribution in [-0.2, 0) is 6.42 Å². The highest BCUT2D eigenvalue weighted by atomic mass is 35.5. The lowest BCUT2D eigenvalue weighted by Crippen LogP contribution is -2.17. The fourth-order valence-corrected chi connectivity index (χ4v) is 2.41. The molecule has 0 fully saturated rings. The Morgan fingerprint density at radius 1 is 1.29 bits per heavy atom. The van der Waals surface area contributed by atoms with Crippen molar-refractivity contribution in [1.82, 2.24) is 15.5 Å². The Balaban J connectivity index is 1.86. The van der Waals surface area contributed by atoms with Crippen molar-refractivity contribution in [2.75, 3.05) is 18.4 Å². The Kier molecular flexibility index (Phi) is 5.85. The molecule has 2 aromatic rings. The van der Waals surface area contributed by atoms with Gasteiger partial charge in [0.25, 0.3) is 0 Å². The van der Waals surface area contributed by atoms with Crippen LogP contribution in [0.3, 0.4) is 0 Å². The van der Waals surface area contributed by atoms with E-state index < -0.39 is 0 Å². The van der Waals surface area contributed by atoms with Crippen LogP contribution in [0.4, 0.5) is 6.01 Å². The van der Waals surface area contributed by atoms with E-state index in [9.17, 15) is 0 Å². The molecule has 0 amide bonds. The summed E-state index contributed by atoms with van der Waals surface area (Å²) >= 11 is 12.0. The first-order valence-electron chi connectivity index (χ1n) is 6.84. The van der Waals surface area contributed by atoms with Crippen molar-refractivity contribution in [3.05, 3.63) is 39.7 Å². The van der Waals surface area contributed by atoms with Gasteiger partial charge in [0.15, 0.2) is 0 Å². The first-order valence-corrected chi connectivity index (χ1v) is 7.60. The second-order valence-corrected chi connectivity index (χ2v) is 5.48. The molecule has 0 saturated heterocycles. The first-order chi connectivity index (χ1) is 10.1. The molecule has 1 atom stereocenters. The van der Waals surface area contributed by atoms with Crippen molar-refractivity contribution in [2.24, 2.45) is 0 Å². The highest BCUT2D eigenvalue weighted by Gasteiger charge is 2.12. The van der Waals surface area contributed by atoms with E-state index in [0.29, 0.717) is 28.5 Å². The number of nitrogens with one attached hydrogen (secondary N) is 2. The molecule has 0 spiro atoms. The fourth-order valence-electron chi connectivity index (χ4n) is 1.90. The van der Waals surface area contributed by atoms with Crippen molar-refractivity contribution in [3.63, 3.8) is 0 Å². The molecule has 1 aromatic heterocycles. The van der Waals surface area contributed by atoms with E-state index >= 15 is 0 Å². The van der Waals surface area contributed by atoms with Gasteiger partial charge in [-0.05, 0) is 37.6 Å². The number of benzene rings is 1. The minimum atomic E-state index is 0.0451. The van der Waals surface area contributed by atoms with Crippen molar-refractivity contribution in [2.45, 2.75) is 26.3 Å². The summed E-state index contributed by atoms with van der Waals surface area (Å²) in [5.41, 5.74) is 1.02. The minimum Gasteiger partial charge on any atom is -0.406 e. The molecular formula is C14H18Cl2N4O. The molecule has 1 heterocycles. The van der Waals surface area contributed by atoms with Crippen LogP contribution >= 0.6 is 23.2 Å². The van der Waals surface area contributed by atoms with E-state index in [4.69, 9.17) is 27.6 Å². The summed E-state index contributed by atoms with van der Waals surface area (Å²) in [6.45, 7) is 5.51. The van der Waals surface area contributed by atoms with Crippen molar-refractivity contribution >= 4 is 29.2 Å². The zero-order chi connectivity index (χ0) is 15.2. The standard InChI is InChI=1S/C14H18Cl2N4O/c1-3-17-9(2)13-19-20-14(21-13)18-7-6-10-4-5-11(15)8-12(10)16/h4-5,8-9,17H,3,6-7H2,1-2H3,(H,18,20). The highest BCUT2D eigenvalue weighted by molar-refractivity contribution is 6.35. The number of rotatable bonds is 7. The average Bonchev–Trinajstić information content (AvgIpc) is 2.90. The van der Waals surface area contributed by atoms with Crippen LogP contribution in [0.1, 0.15) is 31.3 Å². The number of anilines is 1. The van der Waals surface area contributed by atoms with Gasteiger partial charge in [-0.1, -0.05) is 41.3 Å². The lowest BCUT2D eigenvalue weighted by Gasteiger charge is -2.06. The number of halogens is 2.